The predicted molar refractivity (Wildman–Crippen MR) is 97.1 cm³/mol. The van der Waals surface area contributed by atoms with E-state index in [0.717, 1.165) is 11.3 Å². The zero-order valence-corrected chi connectivity index (χ0v) is 13.3. The fourth-order valence-electron chi connectivity index (χ4n) is 2.63. The lowest BCUT2D eigenvalue weighted by Crippen LogP contribution is -2.00. The molecule has 0 aliphatic heterocycles. The molecule has 4 rings (SSSR count). The molecular weight excluding hydrogens is 315 g/mol. The van der Waals surface area contributed by atoms with Crippen molar-refractivity contribution in [1.82, 2.24) is 4.98 Å². The first-order chi connectivity index (χ1) is 12.3. The minimum absolute atomic E-state index is 0.185. The van der Waals surface area contributed by atoms with Crippen LogP contribution in [-0.4, -0.2) is 4.98 Å². The molecule has 0 amide bonds. The molecule has 3 nitrogen and oxygen atoms in total. The number of furan rings is 1. The van der Waals surface area contributed by atoms with E-state index in [1.807, 2.05) is 60.7 Å². The van der Waals surface area contributed by atoms with Crippen LogP contribution in [0.2, 0.25) is 0 Å². The Kier molecular flexibility index (Phi) is 4.01. The van der Waals surface area contributed by atoms with Gasteiger partial charge < -0.3 is 9.73 Å². The molecule has 0 aliphatic carbocycles. The summed E-state index contributed by atoms with van der Waals surface area (Å²) in [5, 5.41) is 3.13. The summed E-state index contributed by atoms with van der Waals surface area (Å²) in [5.41, 5.74) is 2.92. The number of hydrogen-bond donors (Lipinski definition) is 1. The lowest BCUT2D eigenvalue weighted by atomic mass is 10.1. The normalized spacial score (nSPS) is 10.6. The van der Waals surface area contributed by atoms with Gasteiger partial charge in [0.1, 0.15) is 5.69 Å². The van der Waals surface area contributed by atoms with E-state index in [-0.39, 0.29) is 5.69 Å². The summed E-state index contributed by atoms with van der Waals surface area (Å²) in [5.74, 6) is -0.0510. The van der Waals surface area contributed by atoms with Gasteiger partial charge in [0.2, 0.25) is 0 Å². The molecule has 2 aromatic carbocycles. The summed E-state index contributed by atoms with van der Waals surface area (Å²) < 4.78 is 20.4. The van der Waals surface area contributed by atoms with E-state index in [9.17, 15) is 0 Å². The molecule has 0 radical (unpaired) electrons. The fourth-order valence-corrected chi connectivity index (χ4v) is 2.63. The minimum atomic E-state index is -0.446. The number of rotatable bonds is 4. The molecule has 0 unspecified atom stereocenters. The number of aromatic nitrogens is 1. The van der Waals surface area contributed by atoms with E-state index < -0.39 is 5.82 Å². The lowest BCUT2D eigenvalue weighted by Gasteiger charge is -2.12. The summed E-state index contributed by atoms with van der Waals surface area (Å²) in [6.07, 6.45) is 1.51. The van der Waals surface area contributed by atoms with Gasteiger partial charge in [0.15, 0.2) is 11.6 Å². The number of halogens is 1. The quantitative estimate of drug-likeness (QED) is 0.507. The minimum Gasteiger partial charge on any atom is -0.463 e. The average molecular weight is 330 g/mol. The van der Waals surface area contributed by atoms with E-state index in [1.165, 1.54) is 6.26 Å². The van der Waals surface area contributed by atoms with Crippen molar-refractivity contribution in [2.75, 3.05) is 5.32 Å². The second kappa shape index (κ2) is 6.61. The molecule has 0 fully saturated rings. The third-order valence-electron chi connectivity index (χ3n) is 3.83. The monoisotopic (exact) mass is 330 g/mol. The molecule has 4 heteroatoms. The van der Waals surface area contributed by atoms with Gasteiger partial charge in [-0.1, -0.05) is 48.5 Å². The highest BCUT2D eigenvalue weighted by Crippen LogP contribution is 2.32. The number of para-hydroxylation sites is 1. The van der Waals surface area contributed by atoms with Gasteiger partial charge in [0.05, 0.1) is 17.6 Å². The number of nitrogens with one attached hydrogen (secondary N) is 1. The van der Waals surface area contributed by atoms with Gasteiger partial charge >= 0.3 is 0 Å². The van der Waals surface area contributed by atoms with Gasteiger partial charge in [-0.25, -0.2) is 9.37 Å². The Bertz CT molecular complexity index is 968. The Balaban J connectivity index is 1.86. The van der Waals surface area contributed by atoms with Crippen LogP contribution in [0.3, 0.4) is 0 Å². The van der Waals surface area contributed by atoms with Crippen LogP contribution in [0, 0.1) is 5.82 Å². The largest absolute Gasteiger partial charge is 0.463 e. The summed E-state index contributed by atoms with van der Waals surface area (Å²) in [6.45, 7) is 0. The Labute approximate surface area is 144 Å². The second-order valence-electron chi connectivity index (χ2n) is 5.55. The van der Waals surface area contributed by atoms with Crippen molar-refractivity contribution in [3.63, 3.8) is 0 Å². The third kappa shape index (κ3) is 3.15. The number of pyridine rings is 1. The Morgan fingerprint density at radius 2 is 1.56 bits per heavy atom. The van der Waals surface area contributed by atoms with Crippen molar-refractivity contribution in [1.29, 1.82) is 0 Å². The van der Waals surface area contributed by atoms with E-state index >= 15 is 4.39 Å². The van der Waals surface area contributed by atoms with Crippen molar-refractivity contribution in [2.24, 2.45) is 0 Å². The highest BCUT2D eigenvalue weighted by atomic mass is 19.1. The number of nitrogens with zero attached hydrogens (tertiary/aromatic N) is 1. The molecular formula is C21H15FN2O. The number of anilines is 2. The molecule has 0 aliphatic rings. The molecule has 0 saturated heterocycles. The maximum absolute atomic E-state index is 15.0. The van der Waals surface area contributed by atoms with E-state index in [4.69, 9.17) is 4.42 Å². The maximum atomic E-state index is 15.0. The van der Waals surface area contributed by atoms with E-state index in [1.54, 1.807) is 18.2 Å². The second-order valence-corrected chi connectivity index (χ2v) is 5.55. The first-order valence-corrected chi connectivity index (χ1v) is 7.93. The van der Waals surface area contributed by atoms with Gasteiger partial charge in [0.25, 0.3) is 0 Å². The van der Waals surface area contributed by atoms with Crippen LogP contribution in [0.15, 0.2) is 89.5 Å². The van der Waals surface area contributed by atoms with Gasteiger partial charge in [-0.05, 0) is 30.3 Å². The number of hydrogen-bond acceptors (Lipinski definition) is 3. The van der Waals surface area contributed by atoms with Gasteiger partial charge in [-0.3, -0.25) is 0 Å². The molecule has 2 aromatic heterocycles. The van der Waals surface area contributed by atoms with Crippen molar-refractivity contribution in [3.05, 3.63) is 90.9 Å². The highest BCUT2D eigenvalue weighted by molar-refractivity contribution is 5.74. The molecule has 0 spiro atoms. The van der Waals surface area contributed by atoms with Gasteiger partial charge in [-0.2, -0.15) is 0 Å². The van der Waals surface area contributed by atoms with Crippen molar-refractivity contribution >= 4 is 11.4 Å². The first-order valence-electron chi connectivity index (χ1n) is 7.93. The van der Waals surface area contributed by atoms with Crippen LogP contribution < -0.4 is 5.32 Å². The molecule has 0 saturated carbocycles. The highest BCUT2D eigenvalue weighted by Gasteiger charge is 2.17. The molecule has 122 valence electrons. The van der Waals surface area contributed by atoms with E-state index in [2.05, 4.69) is 10.3 Å². The Morgan fingerprint density at radius 1 is 0.840 bits per heavy atom. The summed E-state index contributed by atoms with van der Waals surface area (Å²) >= 11 is 0. The zero-order valence-electron chi connectivity index (χ0n) is 13.3. The standard InChI is InChI=1S/C21H15FN2O/c22-20-18(23-16-10-5-2-6-11-16)14-17(15-8-3-1-4-9-15)24-21(20)19-12-7-13-25-19/h1-14H,(H,23,24). The molecule has 2 heterocycles. The molecule has 25 heavy (non-hydrogen) atoms. The lowest BCUT2D eigenvalue weighted by molar-refractivity contribution is 0.566. The van der Waals surface area contributed by atoms with Crippen LogP contribution in [0.25, 0.3) is 22.7 Å². The summed E-state index contributed by atoms with van der Waals surface area (Å²) in [7, 11) is 0. The van der Waals surface area contributed by atoms with Crippen molar-refractivity contribution in [2.45, 2.75) is 0 Å². The number of benzene rings is 2. The van der Waals surface area contributed by atoms with Gasteiger partial charge in [0, 0.05) is 11.3 Å². The van der Waals surface area contributed by atoms with E-state index in [0.29, 0.717) is 17.1 Å². The van der Waals surface area contributed by atoms with Crippen molar-refractivity contribution in [3.8, 4) is 22.7 Å². The molecule has 1 N–H and O–H groups in total. The Morgan fingerprint density at radius 3 is 2.24 bits per heavy atom. The summed E-state index contributed by atoms with van der Waals surface area (Å²) in [6, 6.07) is 24.3. The molecule has 0 bridgehead atoms. The van der Waals surface area contributed by atoms with Crippen LogP contribution in [-0.2, 0) is 0 Å². The zero-order chi connectivity index (χ0) is 17.1. The third-order valence-corrected chi connectivity index (χ3v) is 3.83. The van der Waals surface area contributed by atoms with Crippen LogP contribution in [0.5, 0.6) is 0 Å². The van der Waals surface area contributed by atoms with Crippen LogP contribution in [0.4, 0.5) is 15.8 Å². The topological polar surface area (TPSA) is 38.1 Å². The summed E-state index contributed by atoms with van der Waals surface area (Å²) in [4.78, 5) is 4.48. The predicted octanol–water partition coefficient (Wildman–Crippen LogP) is 5.89. The Hall–Kier alpha value is -3.40. The van der Waals surface area contributed by atoms with Crippen LogP contribution >= 0.6 is 0 Å². The van der Waals surface area contributed by atoms with Crippen LogP contribution in [0.1, 0.15) is 0 Å². The molecule has 4 aromatic rings. The average Bonchev–Trinajstić information content (AvgIpc) is 3.19. The van der Waals surface area contributed by atoms with Crippen molar-refractivity contribution < 1.29 is 8.81 Å². The molecule has 0 atom stereocenters. The SMILES string of the molecule is Fc1c(Nc2ccccc2)cc(-c2ccccc2)nc1-c1ccco1. The maximum Gasteiger partial charge on any atom is 0.176 e. The smallest absolute Gasteiger partial charge is 0.176 e. The van der Waals surface area contributed by atoms with Gasteiger partial charge in [-0.15, -0.1) is 0 Å². The first kappa shape index (κ1) is 15.1. The fraction of sp³-hybridized carbons (Fsp3) is 0.